The Labute approximate surface area is 121 Å². The summed E-state index contributed by atoms with van der Waals surface area (Å²) in [5, 5.41) is 24.7. The molecular formula is C15H17NO3S. The van der Waals surface area contributed by atoms with Gasteiger partial charge in [-0.15, -0.1) is 11.3 Å². The van der Waals surface area contributed by atoms with Gasteiger partial charge in [0.25, 0.3) is 5.91 Å². The Kier molecular flexibility index (Phi) is 4.11. The Morgan fingerprint density at radius 2 is 2.10 bits per heavy atom. The van der Waals surface area contributed by atoms with Crippen molar-refractivity contribution in [3.8, 4) is 5.75 Å². The summed E-state index contributed by atoms with van der Waals surface area (Å²) in [5.74, 6) is -0.427. The highest BCUT2D eigenvalue weighted by molar-refractivity contribution is 7.10. The van der Waals surface area contributed by atoms with Crippen molar-refractivity contribution >= 4 is 17.2 Å². The van der Waals surface area contributed by atoms with Crippen LogP contribution >= 0.6 is 11.3 Å². The van der Waals surface area contributed by atoms with E-state index in [0.717, 1.165) is 4.88 Å². The second-order valence-electron chi connectivity index (χ2n) is 4.90. The van der Waals surface area contributed by atoms with Crippen LogP contribution in [0.3, 0.4) is 0 Å². The number of hydrogen-bond donors (Lipinski definition) is 3. The number of benzene rings is 1. The molecule has 0 saturated carbocycles. The van der Waals surface area contributed by atoms with Crippen molar-refractivity contribution in [3.05, 3.63) is 51.7 Å². The third-order valence-electron chi connectivity index (χ3n) is 3.13. The van der Waals surface area contributed by atoms with Gasteiger partial charge in [-0.3, -0.25) is 4.79 Å². The van der Waals surface area contributed by atoms with E-state index in [1.165, 1.54) is 11.3 Å². The van der Waals surface area contributed by atoms with Gasteiger partial charge in [0.2, 0.25) is 0 Å². The van der Waals surface area contributed by atoms with Crippen LogP contribution in [0, 0.1) is 6.92 Å². The molecule has 106 valence electrons. The van der Waals surface area contributed by atoms with Crippen LogP contribution in [0.2, 0.25) is 0 Å². The highest BCUT2D eigenvalue weighted by Crippen LogP contribution is 2.25. The number of carbonyl (C=O) groups excluding carboxylic acids is 1. The lowest BCUT2D eigenvalue weighted by Crippen LogP contribution is -2.38. The average molecular weight is 291 g/mol. The molecule has 0 fully saturated rings. The molecule has 1 aromatic carbocycles. The Hall–Kier alpha value is -1.85. The van der Waals surface area contributed by atoms with E-state index in [0.29, 0.717) is 5.56 Å². The van der Waals surface area contributed by atoms with Gasteiger partial charge in [0.05, 0.1) is 12.1 Å². The summed E-state index contributed by atoms with van der Waals surface area (Å²) in [6.45, 7) is 3.46. The lowest BCUT2D eigenvalue weighted by atomic mass is 10.0. The second kappa shape index (κ2) is 5.64. The largest absolute Gasteiger partial charge is 0.507 e. The summed E-state index contributed by atoms with van der Waals surface area (Å²) in [6.07, 6.45) is 0. The number of aromatic hydroxyl groups is 1. The summed E-state index contributed by atoms with van der Waals surface area (Å²) >= 11 is 1.43. The Morgan fingerprint density at radius 3 is 2.75 bits per heavy atom. The maximum Gasteiger partial charge on any atom is 0.255 e. The molecule has 1 atom stereocenters. The number of hydrogen-bond acceptors (Lipinski definition) is 4. The van der Waals surface area contributed by atoms with Gasteiger partial charge >= 0.3 is 0 Å². The van der Waals surface area contributed by atoms with Gasteiger partial charge in [0.15, 0.2) is 0 Å². The molecule has 0 aliphatic rings. The SMILES string of the molecule is Cc1cccc(C(=O)NCC(C)(O)c2cccs2)c1O. The predicted molar refractivity (Wildman–Crippen MR) is 79.1 cm³/mol. The van der Waals surface area contributed by atoms with E-state index in [1.807, 2.05) is 17.5 Å². The molecule has 20 heavy (non-hydrogen) atoms. The quantitative estimate of drug-likeness (QED) is 0.810. The van der Waals surface area contributed by atoms with Gasteiger partial charge < -0.3 is 15.5 Å². The molecule has 2 rings (SSSR count). The van der Waals surface area contributed by atoms with Crippen molar-refractivity contribution in [3.63, 3.8) is 0 Å². The molecule has 4 nitrogen and oxygen atoms in total. The zero-order valence-corrected chi connectivity index (χ0v) is 12.2. The fourth-order valence-corrected chi connectivity index (χ4v) is 2.65. The zero-order chi connectivity index (χ0) is 14.8. The third kappa shape index (κ3) is 3.00. The molecule has 0 spiro atoms. The van der Waals surface area contributed by atoms with E-state index in [-0.39, 0.29) is 17.9 Å². The number of phenols is 1. The number of para-hydroxylation sites is 1. The molecule has 0 bridgehead atoms. The molecule has 1 unspecified atom stereocenters. The van der Waals surface area contributed by atoms with Crippen LogP contribution in [0.1, 0.15) is 27.7 Å². The molecular weight excluding hydrogens is 274 g/mol. The number of thiophene rings is 1. The van der Waals surface area contributed by atoms with Crippen LogP contribution in [-0.2, 0) is 5.60 Å². The van der Waals surface area contributed by atoms with Gasteiger partial charge in [0, 0.05) is 4.88 Å². The molecule has 1 amide bonds. The lowest BCUT2D eigenvalue weighted by molar-refractivity contribution is 0.0556. The average Bonchev–Trinajstić information content (AvgIpc) is 2.94. The van der Waals surface area contributed by atoms with E-state index < -0.39 is 11.5 Å². The van der Waals surface area contributed by atoms with Gasteiger partial charge in [-0.05, 0) is 36.9 Å². The maximum absolute atomic E-state index is 12.1. The number of aliphatic hydroxyl groups is 1. The number of phenolic OH excluding ortho intramolecular Hbond substituents is 1. The van der Waals surface area contributed by atoms with Crippen LogP contribution in [0.4, 0.5) is 0 Å². The van der Waals surface area contributed by atoms with Gasteiger partial charge in [-0.2, -0.15) is 0 Å². The van der Waals surface area contributed by atoms with Crippen LogP contribution in [0.15, 0.2) is 35.7 Å². The lowest BCUT2D eigenvalue weighted by Gasteiger charge is -2.22. The van der Waals surface area contributed by atoms with E-state index in [2.05, 4.69) is 5.32 Å². The molecule has 0 saturated heterocycles. The van der Waals surface area contributed by atoms with E-state index in [1.54, 1.807) is 32.0 Å². The van der Waals surface area contributed by atoms with Crippen molar-refractivity contribution in [1.82, 2.24) is 5.32 Å². The van der Waals surface area contributed by atoms with Crippen molar-refractivity contribution < 1.29 is 15.0 Å². The third-order valence-corrected chi connectivity index (χ3v) is 4.25. The summed E-state index contributed by atoms with van der Waals surface area (Å²) in [7, 11) is 0. The number of carbonyl (C=O) groups is 1. The molecule has 2 aromatic rings. The molecule has 1 aromatic heterocycles. The number of aryl methyl sites for hydroxylation is 1. The van der Waals surface area contributed by atoms with Crippen LogP contribution in [-0.4, -0.2) is 22.7 Å². The molecule has 1 heterocycles. The van der Waals surface area contributed by atoms with Crippen molar-refractivity contribution in [1.29, 1.82) is 0 Å². The predicted octanol–water partition coefficient (Wildman–Crippen LogP) is 2.40. The van der Waals surface area contributed by atoms with Crippen molar-refractivity contribution in [2.45, 2.75) is 19.4 Å². The molecule has 5 heteroatoms. The van der Waals surface area contributed by atoms with Gasteiger partial charge in [0.1, 0.15) is 11.4 Å². The Balaban J connectivity index is 2.08. The number of nitrogens with one attached hydrogen (secondary N) is 1. The minimum absolute atomic E-state index is 0.0271. The Bertz CT molecular complexity index is 606. The van der Waals surface area contributed by atoms with E-state index >= 15 is 0 Å². The minimum Gasteiger partial charge on any atom is -0.507 e. The maximum atomic E-state index is 12.1. The fourth-order valence-electron chi connectivity index (χ4n) is 1.86. The zero-order valence-electron chi connectivity index (χ0n) is 11.4. The van der Waals surface area contributed by atoms with Crippen LogP contribution < -0.4 is 5.32 Å². The fraction of sp³-hybridized carbons (Fsp3) is 0.267. The number of amides is 1. The molecule has 3 N–H and O–H groups in total. The first-order valence-electron chi connectivity index (χ1n) is 6.25. The van der Waals surface area contributed by atoms with Crippen molar-refractivity contribution in [2.24, 2.45) is 0 Å². The summed E-state index contributed by atoms with van der Waals surface area (Å²) in [6, 6.07) is 8.66. The highest BCUT2D eigenvalue weighted by Gasteiger charge is 2.25. The van der Waals surface area contributed by atoms with Crippen molar-refractivity contribution in [2.75, 3.05) is 6.54 Å². The first kappa shape index (κ1) is 14.6. The van der Waals surface area contributed by atoms with Crippen LogP contribution in [0.5, 0.6) is 5.75 Å². The standard InChI is InChI=1S/C15H17NO3S/c1-10-5-3-6-11(13(10)17)14(18)16-9-15(2,19)12-7-4-8-20-12/h3-8,17,19H,9H2,1-2H3,(H,16,18). The smallest absolute Gasteiger partial charge is 0.255 e. The molecule has 0 aliphatic carbocycles. The minimum atomic E-state index is -1.12. The summed E-state index contributed by atoms with van der Waals surface area (Å²) in [5.41, 5.74) is -0.266. The summed E-state index contributed by atoms with van der Waals surface area (Å²) in [4.78, 5) is 12.8. The first-order valence-corrected chi connectivity index (χ1v) is 7.13. The monoisotopic (exact) mass is 291 g/mol. The molecule has 0 radical (unpaired) electrons. The summed E-state index contributed by atoms with van der Waals surface area (Å²) < 4.78 is 0. The Morgan fingerprint density at radius 1 is 1.35 bits per heavy atom. The second-order valence-corrected chi connectivity index (χ2v) is 5.85. The molecule has 0 aliphatic heterocycles. The van der Waals surface area contributed by atoms with E-state index in [9.17, 15) is 15.0 Å². The topological polar surface area (TPSA) is 69.6 Å². The van der Waals surface area contributed by atoms with Gasteiger partial charge in [-0.1, -0.05) is 18.2 Å². The highest BCUT2D eigenvalue weighted by atomic mass is 32.1. The van der Waals surface area contributed by atoms with Gasteiger partial charge in [-0.25, -0.2) is 0 Å². The van der Waals surface area contributed by atoms with E-state index in [4.69, 9.17) is 0 Å². The number of rotatable bonds is 4. The first-order chi connectivity index (χ1) is 9.42. The van der Waals surface area contributed by atoms with Crippen LogP contribution in [0.25, 0.3) is 0 Å². The normalized spacial score (nSPS) is 13.8.